The Balaban J connectivity index is 0.00000324. The summed E-state index contributed by atoms with van der Waals surface area (Å²) >= 11 is 0. The van der Waals surface area contributed by atoms with Crippen LogP contribution in [0.25, 0.3) is 0 Å². The minimum Gasteiger partial charge on any atom is -0.390 e. The summed E-state index contributed by atoms with van der Waals surface area (Å²) in [6.45, 7) is 4.09. The van der Waals surface area contributed by atoms with Gasteiger partial charge in [0.1, 0.15) is 6.54 Å². The summed E-state index contributed by atoms with van der Waals surface area (Å²) < 4.78 is 1.13. The fourth-order valence-corrected chi connectivity index (χ4v) is 1.24. The van der Waals surface area contributed by atoms with E-state index in [0.717, 1.165) is 24.0 Å². The van der Waals surface area contributed by atoms with Crippen LogP contribution in [0, 0.1) is 10.1 Å². The van der Waals surface area contributed by atoms with Gasteiger partial charge in [0.15, 0.2) is 0 Å². The second-order valence-electron chi connectivity index (χ2n) is 3.60. The smallest absolute Gasteiger partial charge is 0.390 e. The average molecular weight is 293 g/mol. The van der Waals surface area contributed by atoms with Gasteiger partial charge in [-0.2, -0.15) is 4.68 Å². The predicted molar refractivity (Wildman–Crippen MR) is 70.1 cm³/mol. The van der Waals surface area contributed by atoms with Crippen LogP contribution >= 0.6 is 12.4 Å². The Morgan fingerprint density at radius 1 is 1.47 bits per heavy atom. The molecule has 0 saturated heterocycles. The van der Waals surface area contributed by atoms with E-state index in [0.29, 0.717) is 13.1 Å². The Morgan fingerprint density at radius 3 is 2.79 bits per heavy atom. The molecule has 0 saturated carbocycles. The molecule has 10 heteroatoms. The van der Waals surface area contributed by atoms with Crippen molar-refractivity contribution in [3.63, 3.8) is 0 Å². The van der Waals surface area contributed by atoms with Gasteiger partial charge >= 0.3 is 5.95 Å². The minimum absolute atomic E-state index is 0. The molecule has 19 heavy (non-hydrogen) atoms. The van der Waals surface area contributed by atoms with E-state index in [1.54, 1.807) is 0 Å². The number of nitrogens with zero attached hydrogens (tertiary/aromatic N) is 4. The Labute approximate surface area is 116 Å². The Hall–Kier alpha value is -1.74. The molecule has 0 aliphatic carbocycles. The van der Waals surface area contributed by atoms with Gasteiger partial charge < -0.3 is 20.7 Å². The second-order valence-corrected chi connectivity index (χ2v) is 3.60. The van der Waals surface area contributed by atoms with Crippen LogP contribution in [0.3, 0.4) is 0 Å². The lowest BCUT2D eigenvalue weighted by atomic mass is 10.4. The molecular formula is C9H17ClN6O3. The normalized spacial score (nSPS) is 9.74. The van der Waals surface area contributed by atoms with Crippen LogP contribution in [0.2, 0.25) is 0 Å². The van der Waals surface area contributed by atoms with E-state index in [1.807, 2.05) is 0 Å². The van der Waals surface area contributed by atoms with Crippen molar-refractivity contribution < 1.29 is 9.72 Å². The molecule has 1 rings (SSSR count). The van der Waals surface area contributed by atoms with Crippen molar-refractivity contribution in [3.8, 4) is 0 Å². The van der Waals surface area contributed by atoms with Gasteiger partial charge in [-0.3, -0.25) is 4.79 Å². The fourth-order valence-electron chi connectivity index (χ4n) is 1.24. The molecule has 1 amide bonds. The second kappa shape index (κ2) is 9.22. The van der Waals surface area contributed by atoms with Gasteiger partial charge in [0.2, 0.25) is 12.2 Å². The van der Waals surface area contributed by atoms with E-state index < -0.39 is 10.9 Å². The summed E-state index contributed by atoms with van der Waals surface area (Å²) in [5, 5.41) is 19.7. The number of carbonyl (C=O) groups is 1. The Bertz CT molecular complexity index is 410. The molecule has 0 radical (unpaired) electrons. The zero-order valence-electron chi connectivity index (χ0n) is 10.5. The quantitative estimate of drug-likeness (QED) is 0.387. The molecule has 0 spiro atoms. The first-order valence-corrected chi connectivity index (χ1v) is 5.64. The lowest BCUT2D eigenvalue weighted by molar-refractivity contribution is -0.394. The lowest BCUT2D eigenvalue weighted by Gasteiger charge is -2.04. The first-order chi connectivity index (χ1) is 8.63. The zero-order chi connectivity index (χ0) is 13.4. The van der Waals surface area contributed by atoms with Crippen LogP contribution in [0.1, 0.15) is 13.3 Å². The SMILES string of the molecule is CCCNCCNC(=O)Cn1cnc([N+](=O)[O-])n1.Cl. The number of amides is 1. The number of hydrogen-bond donors (Lipinski definition) is 2. The Morgan fingerprint density at radius 2 is 2.21 bits per heavy atom. The molecule has 1 aromatic heterocycles. The third-order valence-corrected chi connectivity index (χ3v) is 2.04. The van der Waals surface area contributed by atoms with E-state index >= 15 is 0 Å². The van der Waals surface area contributed by atoms with Gasteiger partial charge in [0.05, 0.1) is 0 Å². The van der Waals surface area contributed by atoms with E-state index in [1.165, 1.54) is 0 Å². The molecule has 9 nitrogen and oxygen atoms in total. The molecule has 0 atom stereocenters. The summed E-state index contributed by atoms with van der Waals surface area (Å²) in [4.78, 5) is 24.5. The molecule has 0 aliphatic rings. The first kappa shape index (κ1) is 17.3. The molecule has 0 aromatic carbocycles. The molecule has 0 aliphatic heterocycles. The topological polar surface area (TPSA) is 115 Å². The van der Waals surface area contributed by atoms with Gasteiger partial charge in [-0.1, -0.05) is 11.9 Å². The zero-order valence-corrected chi connectivity index (χ0v) is 11.4. The maximum absolute atomic E-state index is 11.4. The van der Waals surface area contributed by atoms with Crippen molar-refractivity contribution in [2.24, 2.45) is 0 Å². The van der Waals surface area contributed by atoms with Crippen molar-refractivity contribution in [3.05, 3.63) is 16.4 Å². The molecule has 2 N–H and O–H groups in total. The number of hydrogen-bond acceptors (Lipinski definition) is 6. The third kappa shape index (κ3) is 6.67. The summed E-state index contributed by atoms with van der Waals surface area (Å²) in [5.74, 6) is -0.763. The lowest BCUT2D eigenvalue weighted by Crippen LogP contribution is -2.34. The van der Waals surface area contributed by atoms with Crippen LogP contribution in [0.5, 0.6) is 0 Å². The van der Waals surface area contributed by atoms with Crippen LogP contribution in [0.15, 0.2) is 6.33 Å². The molecular weight excluding hydrogens is 276 g/mol. The highest BCUT2D eigenvalue weighted by Gasteiger charge is 2.14. The van der Waals surface area contributed by atoms with Crippen LogP contribution in [0.4, 0.5) is 5.95 Å². The van der Waals surface area contributed by atoms with Crippen molar-refractivity contribution >= 4 is 24.3 Å². The molecule has 108 valence electrons. The van der Waals surface area contributed by atoms with Crippen LogP contribution in [-0.2, 0) is 11.3 Å². The molecule has 1 heterocycles. The van der Waals surface area contributed by atoms with Crippen molar-refractivity contribution in [2.75, 3.05) is 19.6 Å². The van der Waals surface area contributed by atoms with E-state index in [2.05, 4.69) is 27.6 Å². The predicted octanol–water partition coefficient (Wildman–Crippen LogP) is -0.276. The molecule has 0 unspecified atom stereocenters. The van der Waals surface area contributed by atoms with Crippen molar-refractivity contribution in [2.45, 2.75) is 19.9 Å². The number of halogens is 1. The summed E-state index contributed by atoms with van der Waals surface area (Å²) in [7, 11) is 0. The summed E-state index contributed by atoms with van der Waals surface area (Å²) in [6.07, 6.45) is 2.20. The number of aromatic nitrogens is 3. The largest absolute Gasteiger partial charge is 0.490 e. The monoisotopic (exact) mass is 292 g/mol. The van der Waals surface area contributed by atoms with E-state index in [4.69, 9.17) is 0 Å². The number of nitro groups is 1. The standard InChI is InChI=1S/C9H16N6O3.ClH/c1-2-3-10-4-5-11-8(16)6-14-7-12-9(13-14)15(17)18;/h7,10H,2-6H2,1H3,(H,11,16);1H. The van der Waals surface area contributed by atoms with Gasteiger partial charge in [0, 0.05) is 18.2 Å². The van der Waals surface area contributed by atoms with Crippen LogP contribution in [-0.4, -0.2) is 45.2 Å². The fraction of sp³-hybridized carbons (Fsp3) is 0.667. The van der Waals surface area contributed by atoms with Crippen LogP contribution < -0.4 is 10.6 Å². The van der Waals surface area contributed by atoms with Crippen molar-refractivity contribution in [1.29, 1.82) is 0 Å². The van der Waals surface area contributed by atoms with E-state index in [-0.39, 0.29) is 24.9 Å². The molecule has 0 fully saturated rings. The Kier molecular flexibility index (Phi) is 8.38. The van der Waals surface area contributed by atoms with Crippen molar-refractivity contribution in [1.82, 2.24) is 25.4 Å². The summed E-state index contributed by atoms with van der Waals surface area (Å²) in [5.41, 5.74) is 0. The maximum Gasteiger partial charge on any atom is 0.490 e. The highest BCUT2D eigenvalue weighted by atomic mass is 35.5. The van der Waals surface area contributed by atoms with Gasteiger partial charge in [-0.05, 0) is 17.9 Å². The molecule has 1 aromatic rings. The maximum atomic E-state index is 11.4. The van der Waals surface area contributed by atoms with Gasteiger partial charge in [-0.15, -0.1) is 12.4 Å². The minimum atomic E-state index is -0.705. The highest BCUT2D eigenvalue weighted by molar-refractivity contribution is 5.85. The average Bonchev–Trinajstić information content (AvgIpc) is 2.77. The third-order valence-electron chi connectivity index (χ3n) is 2.04. The number of rotatable bonds is 8. The van der Waals surface area contributed by atoms with E-state index in [9.17, 15) is 14.9 Å². The highest BCUT2D eigenvalue weighted by Crippen LogP contribution is 1.98. The van der Waals surface area contributed by atoms with Gasteiger partial charge in [0.25, 0.3) is 0 Å². The summed E-state index contributed by atoms with van der Waals surface area (Å²) in [6, 6.07) is 0. The molecule has 0 bridgehead atoms. The first-order valence-electron chi connectivity index (χ1n) is 5.64. The van der Waals surface area contributed by atoms with Gasteiger partial charge in [-0.25, -0.2) is 0 Å². The number of nitrogens with one attached hydrogen (secondary N) is 2. The number of carbonyl (C=O) groups excluding carboxylic acids is 1.